The van der Waals surface area contributed by atoms with E-state index in [4.69, 9.17) is 21.1 Å². The van der Waals surface area contributed by atoms with Crippen LogP contribution in [0.3, 0.4) is 0 Å². The number of esters is 1. The number of nitrogens with zero attached hydrogens (tertiary/aromatic N) is 2. The van der Waals surface area contributed by atoms with Crippen molar-refractivity contribution in [1.82, 2.24) is 10.0 Å². The number of ether oxygens (including phenoxy) is 2. The number of rotatable bonds is 8. The number of hydrazine groups is 1. The summed E-state index contributed by atoms with van der Waals surface area (Å²) in [5.41, 5.74) is 0.634. The third-order valence-corrected chi connectivity index (χ3v) is 5.83. The van der Waals surface area contributed by atoms with E-state index in [1.165, 1.54) is 61.7 Å². The molecule has 0 unspecified atom stereocenters. The normalized spacial score (nSPS) is 12.9. The second kappa shape index (κ2) is 11.0. The Balaban J connectivity index is 1.50. The van der Waals surface area contributed by atoms with E-state index in [0.29, 0.717) is 10.8 Å². The molecule has 3 amide bonds. The van der Waals surface area contributed by atoms with E-state index >= 15 is 0 Å². The molecule has 0 atom stereocenters. The Morgan fingerprint density at radius 1 is 0.838 bits per heavy atom. The molecule has 0 radical (unpaired) electrons. The minimum absolute atomic E-state index is 0.0508. The number of carbonyl (C=O) groups is 5. The molecule has 37 heavy (non-hydrogen) atoms. The van der Waals surface area contributed by atoms with Crippen molar-refractivity contribution in [1.29, 1.82) is 0 Å². The first-order valence-electron chi connectivity index (χ1n) is 11.2. The standard InChI is InChI=1S/C27H21ClN2O7/c1-36-22-4-2-3-19(15-22)27(35)37-21-11-7-17(8-12-21)23(31)16-29(30-24(32)13-14-25(30)33)26(34)18-5-9-20(28)10-6-18/h2-12,15H,13-14,16H2,1H3. The highest BCUT2D eigenvalue weighted by atomic mass is 35.5. The number of methoxy groups -OCH3 is 1. The van der Waals surface area contributed by atoms with Crippen molar-refractivity contribution in [2.24, 2.45) is 0 Å². The van der Waals surface area contributed by atoms with Crippen LogP contribution in [0.15, 0.2) is 72.8 Å². The number of hydrogen-bond acceptors (Lipinski definition) is 7. The fourth-order valence-corrected chi connectivity index (χ4v) is 3.79. The topological polar surface area (TPSA) is 110 Å². The highest BCUT2D eigenvalue weighted by Gasteiger charge is 2.38. The monoisotopic (exact) mass is 520 g/mol. The Morgan fingerprint density at radius 2 is 1.46 bits per heavy atom. The van der Waals surface area contributed by atoms with Gasteiger partial charge in [0, 0.05) is 29.0 Å². The van der Waals surface area contributed by atoms with Crippen molar-refractivity contribution in [3.05, 3.63) is 94.5 Å². The van der Waals surface area contributed by atoms with E-state index in [9.17, 15) is 24.0 Å². The minimum atomic E-state index is -0.697. The third-order valence-electron chi connectivity index (χ3n) is 5.58. The number of amides is 3. The summed E-state index contributed by atoms with van der Waals surface area (Å²) in [6, 6.07) is 18.1. The molecule has 188 valence electrons. The van der Waals surface area contributed by atoms with Gasteiger partial charge in [-0.2, -0.15) is 5.01 Å². The Bertz CT molecular complexity index is 1350. The fraction of sp³-hybridized carbons (Fsp3) is 0.148. The summed E-state index contributed by atoms with van der Waals surface area (Å²) in [4.78, 5) is 63.4. The van der Waals surface area contributed by atoms with Crippen molar-refractivity contribution in [2.45, 2.75) is 12.8 Å². The van der Waals surface area contributed by atoms with Crippen LogP contribution in [0.2, 0.25) is 5.02 Å². The smallest absolute Gasteiger partial charge is 0.343 e. The van der Waals surface area contributed by atoms with E-state index in [0.717, 1.165) is 10.0 Å². The molecule has 1 heterocycles. The van der Waals surface area contributed by atoms with Crippen LogP contribution in [0.4, 0.5) is 0 Å². The summed E-state index contributed by atoms with van der Waals surface area (Å²) >= 11 is 5.89. The van der Waals surface area contributed by atoms with Gasteiger partial charge >= 0.3 is 5.97 Å². The van der Waals surface area contributed by atoms with E-state index in [2.05, 4.69) is 0 Å². The van der Waals surface area contributed by atoms with Crippen LogP contribution in [-0.2, 0) is 9.59 Å². The highest BCUT2D eigenvalue weighted by molar-refractivity contribution is 6.30. The third kappa shape index (κ3) is 5.84. The van der Waals surface area contributed by atoms with Crippen LogP contribution in [0.1, 0.15) is 43.9 Å². The molecule has 0 aromatic heterocycles. The number of benzene rings is 3. The summed E-state index contributed by atoms with van der Waals surface area (Å²) in [6.45, 7) is -0.554. The number of carbonyl (C=O) groups excluding carboxylic acids is 5. The van der Waals surface area contributed by atoms with Crippen LogP contribution >= 0.6 is 11.6 Å². The van der Waals surface area contributed by atoms with E-state index in [1.807, 2.05) is 0 Å². The Hall–Kier alpha value is -4.50. The van der Waals surface area contributed by atoms with Crippen molar-refractivity contribution in [3.63, 3.8) is 0 Å². The first-order valence-corrected chi connectivity index (χ1v) is 11.6. The zero-order valence-electron chi connectivity index (χ0n) is 19.7. The molecular formula is C27H21ClN2O7. The van der Waals surface area contributed by atoms with Gasteiger partial charge in [-0.05, 0) is 66.7 Å². The predicted molar refractivity (Wildman–Crippen MR) is 132 cm³/mol. The molecule has 9 nitrogen and oxygen atoms in total. The summed E-state index contributed by atoms with van der Waals surface area (Å²) in [7, 11) is 1.49. The molecule has 0 aliphatic carbocycles. The van der Waals surface area contributed by atoms with Crippen LogP contribution in [-0.4, -0.2) is 53.1 Å². The molecule has 0 bridgehead atoms. The Kier molecular flexibility index (Phi) is 7.64. The molecule has 3 aromatic carbocycles. The van der Waals surface area contributed by atoms with Gasteiger partial charge in [0.15, 0.2) is 5.78 Å². The molecule has 10 heteroatoms. The van der Waals surface area contributed by atoms with Gasteiger partial charge in [0.25, 0.3) is 5.91 Å². The van der Waals surface area contributed by atoms with Gasteiger partial charge in [-0.25, -0.2) is 9.80 Å². The lowest BCUT2D eigenvalue weighted by Crippen LogP contribution is -2.51. The van der Waals surface area contributed by atoms with Gasteiger partial charge in [0.2, 0.25) is 11.8 Å². The zero-order chi connectivity index (χ0) is 26.5. The summed E-state index contributed by atoms with van der Waals surface area (Å²) < 4.78 is 10.5. The molecule has 0 saturated carbocycles. The SMILES string of the molecule is COc1cccc(C(=O)Oc2ccc(C(=O)CN(C(=O)c3ccc(Cl)cc3)N3C(=O)CCC3=O)cc2)c1. The maximum atomic E-state index is 13.2. The van der Waals surface area contributed by atoms with Crippen molar-refractivity contribution in [3.8, 4) is 11.5 Å². The van der Waals surface area contributed by atoms with Gasteiger partial charge in [-0.15, -0.1) is 0 Å². The second-order valence-corrected chi connectivity index (χ2v) is 8.47. The molecule has 3 aromatic rings. The highest BCUT2D eigenvalue weighted by Crippen LogP contribution is 2.21. The van der Waals surface area contributed by atoms with Gasteiger partial charge < -0.3 is 9.47 Å². The molecule has 1 saturated heterocycles. The lowest BCUT2D eigenvalue weighted by atomic mass is 10.1. The first kappa shape index (κ1) is 25.6. The lowest BCUT2D eigenvalue weighted by molar-refractivity contribution is -0.152. The maximum absolute atomic E-state index is 13.2. The molecule has 1 aliphatic heterocycles. The predicted octanol–water partition coefficient (Wildman–Crippen LogP) is 3.96. The number of halogens is 1. The first-order chi connectivity index (χ1) is 17.8. The number of hydrogen-bond donors (Lipinski definition) is 0. The Labute approximate surface area is 217 Å². The average Bonchev–Trinajstić information content (AvgIpc) is 3.25. The van der Waals surface area contributed by atoms with E-state index < -0.39 is 36.0 Å². The maximum Gasteiger partial charge on any atom is 0.343 e. The van der Waals surface area contributed by atoms with E-state index in [1.54, 1.807) is 18.2 Å². The van der Waals surface area contributed by atoms with Crippen LogP contribution in [0.5, 0.6) is 11.5 Å². The van der Waals surface area contributed by atoms with Gasteiger partial charge in [-0.3, -0.25) is 19.2 Å². The quantitative estimate of drug-likeness (QED) is 0.191. The number of imide groups is 1. The fourth-order valence-electron chi connectivity index (χ4n) is 3.66. The molecular weight excluding hydrogens is 500 g/mol. The lowest BCUT2D eigenvalue weighted by Gasteiger charge is -2.29. The Morgan fingerprint density at radius 3 is 2.08 bits per heavy atom. The molecule has 4 rings (SSSR count). The van der Waals surface area contributed by atoms with Crippen LogP contribution < -0.4 is 9.47 Å². The van der Waals surface area contributed by atoms with Crippen molar-refractivity contribution < 1.29 is 33.4 Å². The molecule has 1 fully saturated rings. The average molecular weight is 521 g/mol. The zero-order valence-corrected chi connectivity index (χ0v) is 20.4. The van der Waals surface area contributed by atoms with Gasteiger partial charge in [0.05, 0.1) is 12.7 Å². The molecule has 0 N–H and O–H groups in total. The van der Waals surface area contributed by atoms with Gasteiger partial charge in [0.1, 0.15) is 18.0 Å². The molecule has 1 aliphatic rings. The van der Waals surface area contributed by atoms with E-state index in [-0.39, 0.29) is 35.3 Å². The number of ketones is 1. The summed E-state index contributed by atoms with van der Waals surface area (Å²) in [5, 5.41) is 1.97. The molecule has 0 spiro atoms. The van der Waals surface area contributed by atoms with Crippen molar-refractivity contribution >= 4 is 41.1 Å². The second-order valence-electron chi connectivity index (χ2n) is 8.04. The summed E-state index contributed by atoms with van der Waals surface area (Å²) in [5.74, 6) is -2.27. The van der Waals surface area contributed by atoms with Crippen LogP contribution in [0.25, 0.3) is 0 Å². The number of Topliss-reactive ketones (excluding diaryl/α,β-unsaturated/α-hetero) is 1. The minimum Gasteiger partial charge on any atom is -0.497 e. The van der Waals surface area contributed by atoms with Crippen LogP contribution in [0, 0.1) is 0 Å². The van der Waals surface area contributed by atoms with Gasteiger partial charge in [-0.1, -0.05) is 17.7 Å². The van der Waals surface area contributed by atoms with Crippen molar-refractivity contribution in [2.75, 3.05) is 13.7 Å². The largest absolute Gasteiger partial charge is 0.497 e. The summed E-state index contributed by atoms with van der Waals surface area (Å²) in [6.07, 6.45) is -0.102.